The molecule has 3 rings (SSSR count). The Hall–Kier alpha value is -2.70. The molecule has 186 valence electrons. The number of hydrogen-bond donors (Lipinski definition) is 0. The Morgan fingerprint density at radius 3 is 2.43 bits per heavy atom. The molecule has 5 atom stereocenters. The van der Waals surface area contributed by atoms with Crippen LogP contribution < -0.4 is 0 Å². The van der Waals surface area contributed by atoms with Gasteiger partial charge in [-0.3, -0.25) is 19.1 Å². The number of halogens is 1. The molecule has 11 nitrogen and oxygen atoms in total. The van der Waals surface area contributed by atoms with Crippen molar-refractivity contribution in [2.24, 2.45) is 0 Å². The summed E-state index contributed by atoms with van der Waals surface area (Å²) in [6.45, 7) is 5.36. The summed E-state index contributed by atoms with van der Waals surface area (Å²) in [7, 11) is 0. The van der Waals surface area contributed by atoms with Gasteiger partial charge in [-0.2, -0.15) is 10.4 Å². The van der Waals surface area contributed by atoms with E-state index >= 15 is 0 Å². The Labute approximate surface area is 219 Å². The third-order valence-electron chi connectivity index (χ3n) is 4.89. The molecule has 3 heterocycles. The van der Waals surface area contributed by atoms with Gasteiger partial charge in [0.1, 0.15) is 30.3 Å². The number of esters is 3. The Bertz CT molecular complexity index is 1150. The lowest BCUT2D eigenvalue weighted by Gasteiger charge is -2.44. The Morgan fingerprint density at radius 1 is 1.17 bits per heavy atom. The largest absolute Gasteiger partial charge is 0.463 e. The van der Waals surface area contributed by atoms with E-state index in [0.29, 0.717) is 4.90 Å². The summed E-state index contributed by atoms with van der Waals surface area (Å²) in [5, 5.41) is 13.9. The summed E-state index contributed by atoms with van der Waals surface area (Å²) in [5.74, 6) is -1.72. The van der Waals surface area contributed by atoms with Crippen molar-refractivity contribution in [3.63, 3.8) is 0 Å². The maximum absolute atomic E-state index is 12.1. The molecule has 0 saturated carbocycles. The van der Waals surface area contributed by atoms with E-state index < -0.39 is 47.7 Å². The number of pyridine rings is 1. The fraction of sp³-hybridized carbons (Fsp3) is 0.455. The van der Waals surface area contributed by atoms with E-state index in [4.69, 9.17) is 18.9 Å². The number of rotatable bonds is 7. The van der Waals surface area contributed by atoms with E-state index in [9.17, 15) is 19.6 Å². The number of nitriles is 1. The van der Waals surface area contributed by atoms with E-state index in [2.05, 4.69) is 32.7 Å². The molecule has 0 bridgehead atoms. The summed E-state index contributed by atoms with van der Waals surface area (Å²) in [6, 6.07) is 3.00. The van der Waals surface area contributed by atoms with Crippen LogP contribution in [0.3, 0.4) is 0 Å². The van der Waals surface area contributed by atoms with E-state index in [0.717, 1.165) is 20.9 Å². The molecule has 1 aliphatic heterocycles. The van der Waals surface area contributed by atoms with Crippen LogP contribution in [0.25, 0.3) is 0 Å². The number of thioether (sulfide) groups is 1. The van der Waals surface area contributed by atoms with Gasteiger partial charge in [0.05, 0.1) is 9.77 Å². The first-order chi connectivity index (χ1) is 16.6. The van der Waals surface area contributed by atoms with E-state index in [1.54, 1.807) is 29.3 Å². The predicted octanol–water partition coefficient (Wildman–Crippen LogP) is 2.55. The molecule has 0 aliphatic carbocycles. The first-order valence-electron chi connectivity index (χ1n) is 10.5. The molecule has 0 aromatic carbocycles. The number of aromatic nitrogens is 3. The summed E-state index contributed by atoms with van der Waals surface area (Å²) in [5.41, 5.74) is 0.113. The SMILES string of the molecule is CC(=O)OCC1O[C@H](Sc2cc(C)cnc2C#N)C(OC(C)=O)C(n2cc(I)cn2)[C@H]1OC(C)=O. The number of nitrogens with zero attached hydrogens (tertiary/aromatic N) is 4. The molecule has 1 saturated heterocycles. The summed E-state index contributed by atoms with van der Waals surface area (Å²) < 4.78 is 25.0. The maximum Gasteiger partial charge on any atom is 0.303 e. The molecule has 0 spiro atoms. The Balaban J connectivity index is 2.11. The molecule has 2 aromatic rings. The van der Waals surface area contributed by atoms with Gasteiger partial charge in [0.15, 0.2) is 17.9 Å². The summed E-state index contributed by atoms with van der Waals surface area (Å²) in [6.07, 6.45) is 1.98. The third kappa shape index (κ3) is 6.92. The van der Waals surface area contributed by atoms with Crippen molar-refractivity contribution in [1.29, 1.82) is 5.26 Å². The quantitative estimate of drug-likeness (QED) is 0.258. The minimum atomic E-state index is -1.00. The maximum atomic E-state index is 12.1. The normalized spacial score (nSPS) is 23.7. The lowest BCUT2D eigenvalue weighted by Crippen LogP contribution is -2.57. The number of aryl methyl sites for hydroxylation is 1. The van der Waals surface area contributed by atoms with Gasteiger partial charge in [-0.05, 0) is 41.1 Å². The highest BCUT2D eigenvalue weighted by molar-refractivity contribution is 14.1. The Kier molecular flexibility index (Phi) is 9.09. The van der Waals surface area contributed by atoms with Crippen LogP contribution in [0.2, 0.25) is 0 Å². The molecule has 0 radical (unpaired) electrons. The van der Waals surface area contributed by atoms with Crippen molar-refractivity contribution in [3.05, 3.63) is 39.5 Å². The number of carbonyl (C=O) groups excluding carboxylic acids is 3. The van der Waals surface area contributed by atoms with Crippen molar-refractivity contribution in [2.75, 3.05) is 6.61 Å². The van der Waals surface area contributed by atoms with E-state index in [1.807, 2.05) is 13.0 Å². The van der Waals surface area contributed by atoms with Crippen molar-refractivity contribution in [1.82, 2.24) is 14.8 Å². The van der Waals surface area contributed by atoms with Crippen LogP contribution in [0.15, 0.2) is 29.6 Å². The van der Waals surface area contributed by atoms with Crippen LogP contribution in [-0.4, -0.2) is 63.0 Å². The van der Waals surface area contributed by atoms with Crippen LogP contribution in [0.5, 0.6) is 0 Å². The fourth-order valence-electron chi connectivity index (χ4n) is 3.60. The highest BCUT2D eigenvalue weighted by atomic mass is 127. The van der Waals surface area contributed by atoms with Crippen molar-refractivity contribution in [2.45, 2.75) is 62.4 Å². The van der Waals surface area contributed by atoms with Crippen molar-refractivity contribution < 1.29 is 33.3 Å². The zero-order chi connectivity index (χ0) is 25.7. The molecule has 1 fully saturated rings. The molecule has 13 heteroatoms. The third-order valence-corrected chi connectivity index (χ3v) is 6.62. The second-order valence-corrected chi connectivity index (χ2v) is 10.1. The summed E-state index contributed by atoms with van der Waals surface area (Å²) >= 11 is 3.22. The standard InChI is InChI=1S/C22H23IN4O7S/c1-11-5-18(16(6-24)25-7-11)35-22-21(33-14(4)30)19(27-9-15(23)8-26-27)20(32-13(3)29)17(34-22)10-31-12(2)28/h5,7-9,17,19-22H,10H2,1-4H3/t17?,19?,20-,21?,22+/m0/s1. The van der Waals surface area contributed by atoms with Crippen molar-refractivity contribution >= 4 is 52.3 Å². The fourth-order valence-corrected chi connectivity index (χ4v) is 5.27. The minimum Gasteiger partial charge on any atom is -0.463 e. The van der Waals surface area contributed by atoms with Gasteiger partial charge >= 0.3 is 17.9 Å². The van der Waals surface area contributed by atoms with Crippen LogP contribution >= 0.6 is 34.4 Å². The lowest BCUT2D eigenvalue weighted by molar-refractivity contribution is -0.212. The molecule has 1 aliphatic rings. The van der Waals surface area contributed by atoms with Crippen molar-refractivity contribution in [3.8, 4) is 6.07 Å². The molecular formula is C22H23IN4O7S. The van der Waals surface area contributed by atoms with Gasteiger partial charge in [0.2, 0.25) is 0 Å². The highest BCUT2D eigenvalue weighted by Crippen LogP contribution is 2.42. The van der Waals surface area contributed by atoms with Gasteiger partial charge in [0.25, 0.3) is 0 Å². The molecule has 0 amide bonds. The van der Waals surface area contributed by atoms with Gasteiger partial charge in [-0.15, -0.1) is 0 Å². The predicted molar refractivity (Wildman–Crippen MR) is 130 cm³/mol. The van der Waals surface area contributed by atoms with Crippen LogP contribution in [-0.2, 0) is 33.3 Å². The second kappa shape index (κ2) is 11.8. The zero-order valence-corrected chi connectivity index (χ0v) is 22.3. The molecular weight excluding hydrogens is 591 g/mol. The first-order valence-corrected chi connectivity index (χ1v) is 12.4. The van der Waals surface area contributed by atoms with Crippen LogP contribution in [0, 0.1) is 21.8 Å². The molecule has 0 N–H and O–H groups in total. The number of carbonyl (C=O) groups is 3. The number of hydrogen-bond acceptors (Lipinski definition) is 11. The van der Waals surface area contributed by atoms with E-state index in [1.165, 1.54) is 20.8 Å². The van der Waals surface area contributed by atoms with Gasteiger partial charge < -0.3 is 18.9 Å². The van der Waals surface area contributed by atoms with Gasteiger partial charge in [0, 0.05) is 38.1 Å². The first kappa shape index (κ1) is 26.9. The van der Waals surface area contributed by atoms with Crippen LogP contribution in [0.1, 0.15) is 38.1 Å². The average Bonchev–Trinajstić information content (AvgIpc) is 3.19. The average molecular weight is 614 g/mol. The molecule has 2 aromatic heterocycles. The van der Waals surface area contributed by atoms with E-state index in [-0.39, 0.29) is 12.3 Å². The Morgan fingerprint density at radius 2 is 1.86 bits per heavy atom. The lowest BCUT2D eigenvalue weighted by atomic mass is 9.96. The molecule has 3 unspecified atom stereocenters. The van der Waals surface area contributed by atoms with Gasteiger partial charge in [-0.1, -0.05) is 11.8 Å². The second-order valence-electron chi connectivity index (χ2n) is 7.71. The van der Waals surface area contributed by atoms with Gasteiger partial charge in [-0.25, -0.2) is 4.98 Å². The monoisotopic (exact) mass is 614 g/mol. The number of ether oxygens (including phenoxy) is 4. The highest BCUT2D eigenvalue weighted by Gasteiger charge is 2.52. The van der Waals surface area contributed by atoms with Crippen LogP contribution in [0.4, 0.5) is 0 Å². The minimum absolute atomic E-state index is 0.176. The topological polar surface area (TPSA) is 143 Å². The zero-order valence-electron chi connectivity index (χ0n) is 19.3. The summed E-state index contributed by atoms with van der Waals surface area (Å²) in [4.78, 5) is 40.4. The smallest absolute Gasteiger partial charge is 0.303 e. The molecule has 35 heavy (non-hydrogen) atoms.